The average molecular weight is 542 g/mol. The second-order valence-corrected chi connectivity index (χ2v) is 12.6. The van der Waals surface area contributed by atoms with E-state index in [1.54, 1.807) is 22.3 Å². The molecular weight excluding hydrogens is 498 g/mol. The predicted molar refractivity (Wildman–Crippen MR) is 154 cm³/mol. The lowest BCUT2D eigenvalue weighted by molar-refractivity contribution is -0.144. The first-order valence-electron chi connectivity index (χ1n) is 13.3. The molecule has 3 amide bonds. The molecule has 2 aliphatic rings. The molecular formula is C29H43N5O3S. The van der Waals surface area contributed by atoms with Gasteiger partial charge >= 0.3 is 0 Å². The molecule has 0 radical (unpaired) electrons. The van der Waals surface area contributed by atoms with Crippen LogP contribution >= 0.6 is 11.3 Å². The van der Waals surface area contributed by atoms with E-state index in [1.165, 1.54) is 0 Å². The van der Waals surface area contributed by atoms with E-state index in [2.05, 4.69) is 22.2 Å². The third-order valence-corrected chi connectivity index (χ3v) is 8.52. The SMILES string of the molecule is C=C/C(=C\C=C(/C)CNC(=O)C1CCCN1C(=O)C(NC(=O)C1(N(C)C)CC1)C(C)(C)C)c1scnc1C. The fourth-order valence-corrected chi connectivity index (χ4v) is 5.66. The summed E-state index contributed by atoms with van der Waals surface area (Å²) < 4.78 is 0. The molecule has 1 saturated heterocycles. The molecule has 38 heavy (non-hydrogen) atoms. The number of likely N-dealkylation sites (N-methyl/N-ethyl adjacent to an activating group) is 1. The minimum atomic E-state index is -0.708. The summed E-state index contributed by atoms with van der Waals surface area (Å²) in [6, 6.07) is -1.25. The van der Waals surface area contributed by atoms with Crippen molar-refractivity contribution in [3.05, 3.63) is 46.5 Å². The molecule has 2 fully saturated rings. The van der Waals surface area contributed by atoms with Gasteiger partial charge in [0.1, 0.15) is 12.1 Å². The molecule has 208 valence electrons. The number of allylic oxidation sites excluding steroid dienone is 4. The summed E-state index contributed by atoms with van der Waals surface area (Å²) in [6.45, 7) is 14.6. The summed E-state index contributed by atoms with van der Waals surface area (Å²) in [4.78, 5) is 49.0. The van der Waals surface area contributed by atoms with Crippen molar-refractivity contribution in [2.75, 3.05) is 27.2 Å². The molecule has 8 nitrogen and oxygen atoms in total. The van der Waals surface area contributed by atoms with Gasteiger partial charge in [0.15, 0.2) is 0 Å². The van der Waals surface area contributed by atoms with E-state index in [0.717, 1.165) is 41.0 Å². The van der Waals surface area contributed by atoms with Crippen LogP contribution in [0.2, 0.25) is 0 Å². The number of carbonyl (C=O) groups is 3. The first-order valence-corrected chi connectivity index (χ1v) is 14.2. The predicted octanol–water partition coefficient (Wildman–Crippen LogP) is 3.70. The van der Waals surface area contributed by atoms with Gasteiger partial charge in [0.25, 0.3) is 0 Å². The Morgan fingerprint density at radius 1 is 1.29 bits per heavy atom. The number of nitrogens with zero attached hydrogens (tertiary/aromatic N) is 3. The smallest absolute Gasteiger partial charge is 0.246 e. The Labute approximate surface area is 231 Å². The molecule has 2 atom stereocenters. The minimum absolute atomic E-state index is 0.114. The summed E-state index contributed by atoms with van der Waals surface area (Å²) in [6.07, 6.45) is 8.69. The van der Waals surface area contributed by atoms with Gasteiger partial charge in [-0.05, 0) is 64.6 Å². The highest BCUT2D eigenvalue weighted by molar-refractivity contribution is 7.11. The van der Waals surface area contributed by atoms with Crippen LogP contribution in [0, 0.1) is 12.3 Å². The third-order valence-electron chi connectivity index (χ3n) is 7.55. The number of amides is 3. The second kappa shape index (κ2) is 11.9. The van der Waals surface area contributed by atoms with Gasteiger partial charge in [0.05, 0.1) is 21.6 Å². The molecule has 0 bridgehead atoms. The standard InChI is InChI=1S/C29H43N5O3S/c1-9-21(23-20(3)31-18-38-23)13-12-19(2)17-30-25(35)22-11-10-16-34(22)26(36)24(28(4,5)6)32-27(37)29(14-15-29)33(7)8/h9,12-13,18,22,24H,1,10-11,14-17H2,2-8H3,(H,30,35)(H,32,37)/b19-12+,21-13+. The van der Waals surface area contributed by atoms with E-state index < -0.39 is 23.0 Å². The molecule has 1 aromatic heterocycles. The van der Waals surface area contributed by atoms with Crippen LogP contribution in [-0.2, 0) is 14.4 Å². The van der Waals surface area contributed by atoms with E-state index in [4.69, 9.17) is 0 Å². The zero-order chi connectivity index (χ0) is 28.3. The van der Waals surface area contributed by atoms with Gasteiger partial charge in [-0.3, -0.25) is 19.3 Å². The number of thiazole rings is 1. The van der Waals surface area contributed by atoms with E-state index >= 15 is 0 Å². The van der Waals surface area contributed by atoms with Gasteiger partial charge in [-0.15, -0.1) is 11.3 Å². The maximum absolute atomic E-state index is 13.7. The number of carbonyl (C=O) groups excluding carboxylic acids is 3. The topological polar surface area (TPSA) is 94.6 Å². The van der Waals surface area contributed by atoms with Crippen LogP contribution in [0.3, 0.4) is 0 Å². The number of aromatic nitrogens is 1. The highest BCUT2D eigenvalue weighted by Gasteiger charge is 2.53. The Morgan fingerprint density at radius 2 is 1.97 bits per heavy atom. The van der Waals surface area contributed by atoms with Crippen molar-refractivity contribution in [2.24, 2.45) is 5.41 Å². The Morgan fingerprint density at radius 3 is 2.50 bits per heavy atom. The summed E-state index contributed by atoms with van der Waals surface area (Å²) in [7, 11) is 3.79. The zero-order valence-electron chi connectivity index (χ0n) is 23.9. The van der Waals surface area contributed by atoms with Crippen molar-refractivity contribution in [1.82, 2.24) is 25.4 Å². The molecule has 1 saturated carbocycles. The minimum Gasteiger partial charge on any atom is -0.351 e. The van der Waals surface area contributed by atoms with Gasteiger partial charge in [-0.25, -0.2) is 4.98 Å². The van der Waals surface area contributed by atoms with Gasteiger partial charge in [-0.2, -0.15) is 0 Å². The van der Waals surface area contributed by atoms with Crippen molar-refractivity contribution in [2.45, 2.75) is 77.9 Å². The molecule has 2 N–H and O–H groups in total. The number of rotatable bonds is 10. The number of nitrogens with one attached hydrogen (secondary N) is 2. The van der Waals surface area contributed by atoms with E-state index in [9.17, 15) is 14.4 Å². The zero-order valence-corrected chi connectivity index (χ0v) is 24.7. The average Bonchev–Trinajstić information content (AvgIpc) is 3.34. The van der Waals surface area contributed by atoms with Gasteiger partial charge in [-0.1, -0.05) is 51.2 Å². The summed E-state index contributed by atoms with van der Waals surface area (Å²) in [5.41, 5.74) is 3.72. The van der Waals surface area contributed by atoms with Crippen LogP contribution in [0.1, 0.15) is 63.9 Å². The highest BCUT2D eigenvalue weighted by Crippen LogP contribution is 2.41. The van der Waals surface area contributed by atoms with Crippen molar-refractivity contribution in [3.8, 4) is 0 Å². The van der Waals surface area contributed by atoms with Crippen LogP contribution in [-0.4, -0.2) is 77.3 Å². The van der Waals surface area contributed by atoms with Crippen LogP contribution < -0.4 is 10.6 Å². The lowest BCUT2D eigenvalue weighted by Gasteiger charge is -2.37. The molecule has 1 aliphatic carbocycles. The number of hydrogen-bond donors (Lipinski definition) is 2. The normalized spacial score (nSPS) is 20.3. The molecule has 1 aromatic rings. The summed E-state index contributed by atoms with van der Waals surface area (Å²) in [5.74, 6) is -0.471. The van der Waals surface area contributed by atoms with Crippen LogP contribution in [0.15, 0.2) is 35.9 Å². The van der Waals surface area contributed by atoms with E-state index in [1.807, 2.05) is 71.3 Å². The Kier molecular flexibility index (Phi) is 9.36. The number of hydrogen-bond acceptors (Lipinski definition) is 6. The van der Waals surface area contributed by atoms with Crippen molar-refractivity contribution >= 4 is 34.6 Å². The van der Waals surface area contributed by atoms with Gasteiger partial charge in [0, 0.05) is 13.1 Å². The lowest BCUT2D eigenvalue weighted by Crippen LogP contribution is -2.60. The fourth-order valence-electron chi connectivity index (χ4n) is 4.83. The second-order valence-electron chi connectivity index (χ2n) is 11.7. The summed E-state index contributed by atoms with van der Waals surface area (Å²) in [5, 5.41) is 6.05. The van der Waals surface area contributed by atoms with Gasteiger partial charge in [0.2, 0.25) is 17.7 Å². The molecule has 2 heterocycles. The van der Waals surface area contributed by atoms with Crippen molar-refractivity contribution in [3.63, 3.8) is 0 Å². The Bertz CT molecular complexity index is 1120. The third kappa shape index (κ3) is 6.61. The van der Waals surface area contributed by atoms with E-state index in [0.29, 0.717) is 19.5 Å². The molecule has 1 aliphatic heterocycles. The lowest BCUT2D eigenvalue weighted by atomic mass is 9.85. The van der Waals surface area contributed by atoms with Crippen LogP contribution in [0.4, 0.5) is 0 Å². The largest absolute Gasteiger partial charge is 0.351 e. The fraction of sp³-hybridized carbons (Fsp3) is 0.586. The van der Waals surface area contributed by atoms with Crippen molar-refractivity contribution < 1.29 is 14.4 Å². The van der Waals surface area contributed by atoms with Gasteiger partial charge < -0.3 is 15.5 Å². The Hall–Kier alpha value is -2.78. The first-order chi connectivity index (χ1) is 17.8. The van der Waals surface area contributed by atoms with E-state index in [-0.39, 0.29) is 17.7 Å². The van der Waals surface area contributed by atoms with Crippen LogP contribution in [0.5, 0.6) is 0 Å². The molecule has 2 unspecified atom stereocenters. The monoisotopic (exact) mass is 541 g/mol. The first kappa shape index (κ1) is 29.8. The Balaban J connectivity index is 1.66. The highest BCUT2D eigenvalue weighted by atomic mass is 32.1. The molecule has 0 aromatic carbocycles. The van der Waals surface area contributed by atoms with Crippen LogP contribution in [0.25, 0.3) is 5.57 Å². The number of aryl methyl sites for hydroxylation is 1. The summed E-state index contributed by atoms with van der Waals surface area (Å²) >= 11 is 1.57. The molecule has 0 spiro atoms. The maximum Gasteiger partial charge on any atom is 0.246 e. The van der Waals surface area contributed by atoms with Crippen molar-refractivity contribution in [1.29, 1.82) is 0 Å². The molecule has 9 heteroatoms. The quantitative estimate of drug-likeness (QED) is 0.441. The number of likely N-dealkylation sites (tertiary alicyclic amines) is 1. The molecule has 3 rings (SSSR count). The maximum atomic E-state index is 13.7.